The Hall–Kier alpha value is -1.96. The molecule has 5 N–H and O–H groups in total. The highest BCUT2D eigenvalue weighted by molar-refractivity contribution is 7.80. The maximum absolute atomic E-state index is 12.6. The van der Waals surface area contributed by atoms with Crippen molar-refractivity contribution in [2.24, 2.45) is 17.1 Å². The summed E-state index contributed by atoms with van der Waals surface area (Å²) in [5, 5.41) is 0.582. The Labute approximate surface area is 162 Å². The van der Waals surface area contributed by atoms with Crippen LogP contribution in [0.15, 0.2) is 0 Å². The molecule has 1 aliphatic carbocycles. The highest BCUT2D eigenvalue weighted by Gasteiger charge is 2.57. The summed E-state index contributed by atoms with van der Waals surface area (Å²) in [4.78, 5) is 38.5. The molecule has 0 aromatic carbocycles. The van der Waals surface area contributed by atoms with Gasteiger partial charge >= 0.3 is 16.4 Å². The molecule has 2 unspecified atom stereocenters. The Morgan fingerprint density at radius 2 is 1.89 bits per heavy atom. The lowest BCUT2D eigenvalue weighted by atomic mass is 9.76. The number of carbonyl (C=O) groups is 3. The largest absolute Gasteiger partial charge is 0.418 e. The van der Waals surface area contributed by atoms with Crippen molar-refractivity contribution in [3.8, 4) is 0 Å². The molecule has 2 saturated heterocycles. The molecule has 3 aliphatic rings. The summed E-state index contributed by atoms with van der Waals surface area (Å²) < 4.78 is 35.5. The first kappa shape index (κ1) is 20.8. The van der Waals surface area contributed by atoms with Crippen LogP contribution >= 0.6 is 0 Å². The van der Waals surface area contributed by atoms with Gasteiger partial charge in [-0.05, 0) is 24.7 Å². The zero-order valence-corrected chi connectivity index (χ0v) is 16.4. The van der Waals surface area contributed by atoms with Crippen LogP contribution in [0.25, 0.3) is 0 Å². The van der Waals surface area contributed by atoms with Crippen LogP contribution in [0.4, 0.5) is 4.79 Å². The first-order chi connectivity index (χ1) is 12.9. The number of rotatable bonds is 4. The molecule has 2 aliphatic heterocycles. The van der Waals surface area contributed by atoms with E-state index < -0.39 is 39.8 Å². The van der Waals surface area contributed by atoms with Crippen molar-refractivity contribution in [2.45, 2.75) is 57.7 Å². The van der Waals surface area contributed by atoms with Gasteiger partial charge in [-0.1, -0.05) is 20.3 Å². The van der Waals surface area contributed by atoms with Crippen molar-refractivity contribution >= 4 is 28.2 Å². The topological polar surface area (TPSA) is 171 Å². The molecule has 4 amide bonds. The molecule has 3 rings (SSSR count). The van der Waals surface area contributed by atoms with Crippen molar-refractivity contribution in [2.75, 3.05) is 6.54 Å². The Morgan fingerprint density at radius 3 is 2.46 bits per heavy atom. The molecule has 12 nitrogen and oxygen atoms in total. The van der Waals surface area contributed by atoms with E-state index in [1.807, 2.05) is 0 Å². The van der Waals surface area contributed by atoms with E-state index in [0.29, 0.717) is 11.5 Å². The molecule has 158 valence electrons. The minimum absolute atomic E-state index is 0.0425. The van der Waals surface area contributed by atoms with Gasteiger partial charge < -0.3 is 10.6 Å². The predicted octanol–water partition coefficient (Wildman–Crippen LogP) is -1.10. The fourth-order valence-electron chi connectivity index (χ4n) is 4.20. The Morgan fingerprint density at radius 1 is 1.25 bits per heavy atom. The van der Waals surface area contributed by atoms with E-state index in [1.165, 1.54) is 0 Å². The number of amides is 4. The number of fused-ring (bicyclic) bond motifs is 2. The average Bonchev–Trinajstić information content (AvgIpc) is 3.12. The van der Waals surface area contributed by atoms with Crippen LogP contribution in [0.1, 0.15) is 39.5 Å². The molecule has 0 spiro atoms. The highest BCUT2D eigenvalue weighted by Crippen LogP contribution is 2.42. The molecule has 0 aromatic rings. The summed E-state index contributed by atoms with van der Waals surface area (Å²) in [5.74, 6) is -1.36. The average molecular weight is 419 g/mol. The number of nitrogens with two attached hydrogens (primary N) is 1. The SMILES string of the molecule is CC1(C)C[C@@H](C(=O)NNC(=O)C2CCCC2N)N2C[C@@H]1N(OS(=O)(=O)O)C2=O. The second kappa shape index (κ2) is 7.13. The van der Waals surface area contributed by atoms with E-state index in [0.717, 1.165) is 17.7 Å². The van der Waals surface area contributed by atoms with Gasteiger partial charge in [-0.25, -0.2) is 4.79 Å². The number of piperidine rings is 1. The van der Waals surface area contributed by atoms with E-state index in [1.54, 1.807) is 13.8 Å². The smallest absolute Gasteiger partial charge is 0.327 e. The quantitative estimate of drug-likeness (QED) is 0.328. The van der Waals surface area contributed by atoms with Crippen LogP contribution in [0.3, 0.4) is 0 Å². The lowest BCUT2D eigenvalue weighted by Crippen LogP contribution is -2.58. The van der Waals surface area contributed by atoms with Gasteiger partial charge in [0.05, 0.1) is 12.0 Å². The summed E-state index contributed by atoms with van der Waals surface area (Å²) in [5.41, 5.74) is 9.90. The summed E-state index contributed by atoms with van der Waals surface area (Å²) in [6.45, 7) is 3.55. The molecule has 0 aromatic heterocycles. The monoisotopic (exact) mass is 419 g/mol. The molecular formula is C15H25N5O7S. The Bertz CT molecular complexity index is 786. The highest BCUT2D eigenvalue weighted by atomic mass is 32.3. The lowest BCUT2D eigenvalue weighted by Gasteiger charge is -2.40. The van der Waals surface area contributed by atoms with E-state index in [4.69, 9.17) is 10.3 Å². The third-order valence-corrected chi connectivity index (χ3v) is 6.13. The van der Waals surface area contributed by atoms with E-state index in [-0.39, 0.29) is 30.8 Å². The number of urea groups is 1. The molecule has 2 bridgehead atoms. The molecular weight excluding hydrogens is 394 g/mol. The van der Waals surface area contributed by atoms with Crippen LogP contribution < -0.4 is 16.6 Å². The minimum atomic E-state index is -4.89. The van der Waals surface area contributed by atoms with Gasteiger partial charge in [0.2, 0.25) is 5.91 Å². The van der Waals surface area contributed by atoms with Gasteiger partial charge in [0, 0.05) is 12.6 Å². The second-order valence-corrected chi connectivity index (χ2v) is 9.17. The van der Waals surface area contributed by atoms with E-state index in [9.17, 15) is 22.8 Å². The summed E-state index contributed by atoms with van der Waals surface area (Å²) in [7, 11) is -4.89. The van der Waals surface area contributed by atoms with Gasteiger partial charge in [-0.2, -0.15) is 13.5 Å². The zero-order chi connectivity index (χ0) is 20.9. The zero-order valence-electron chi connectivity index (χ0n) is 15.6. The molecule has 28 heavy (non-hydrogen) atoms. The van der Waals surface area contributed by atoms with E-state index >= 15 is 0 Å². The molecule has 0 radical (unpaired) electrons. The van der Waals surface area contributed by atoms with Crippen molar-refractivity contribution in [1.29, 1.82) is 0 Å². The number of nitrogens with one attached hydrogen (secondary N) is 2. The van der Waals surface area contributed by atoms with Crippen LogP contribution in [0, 0.1) is 11.3 Å². The van der Waals surface area contributed by atoms with Crippen molar-refractivity contribution in [1.82, 2.24) is 20.8 Å². The first-order valence-electron chi connectivity index (χ1n) is 9.03. The predicted molar refractivity (Wildman–Crippen MR) is 94.2 cm³/mol. The van der Waals surface area contributed by atoms with Gasteiger partial charge in [-0.3, -0.25) is 25.0 Å². The molecule has 2 heterocycles. The number of nitrogens with zero attached hydrogens (tertiary/aromatic N) is 2. The fourth-order valence-corrected chi connectivity index (χ4v) is 4.57. The number of carbonyl (C=O) groups excluding carboxylic acids is 3. The number of hydroxylamine groups is 2. The normalized spacial score (nSPS) is 31.8. The van der Waals surface area contributed by atoms with Crippen LogP contribution in [0.5, 0.6) is 0 Å². The standard InChI is InChI=1S/C15H25N5O7S/c1-15(2)6-10(13(22)18-17-12(21)8-4-3-5-9(8)16)19-7-11(15)20(14(19)23)27-28(24,25)26/h8-11H,3-7,16H2,1-2H3,(H,17,21)(H,18,22)(H,24,25,26)/t8?,9?,10-,11-/m0/s1. The van der Waals surface area contributed by atoms with Gasteiger partial charge in [-0.15, -0.1) is 4.28 Å². The first-order valence-corrected chi connectivity index (χ1v) is 10.4. The Balaban J connectivity index is 1.68. The third-order valence-electron chi connectivity index (χ3n) is 5.78. The van der Waals surface area contributed by atoms with Crippen LogP contribution in [0.2, 0.25) is 0 Å². The Kier molecular flexibility index (Phi) is 5.29. The number of hydrogen-bond acceptors (Lipinski definition) is 7. The van der Waals surface area contributed by atoms with Gasteiger partial charge in [0.25, 0.3) is 5.91 Å². The molecule has 4 atom stereocenters. The maximum atomic E-state index is 12.6. The van der Waals surface area contributed by atoms with Gasteiger partial charge in [0.1, 0.15) is 6.04 Å². The molecule has 1 saturated carbocycles. The van der Waals surface area contributed by atoms with Gasteiger partial charge in [0.15, 0.2) is 0 Å². The lowest BCUT2D eigenvalue weighted by molar-refractivity contribution is -0.134. The number of hydrogen-bond donors (Lipinski definition) is 4. The van der Waals surface area contributed by atoms with Crippen molar-refractivity contribution < 1.29 is 31.6 Å². The minimum Gasteiger partial charge on any atom is -0.327 e. The summed E-state index contributed by atoms with van der Waals surface area (Å²) >= 11 is 0. The second-order valence-electron chi connectivity index (χ2n) is 8.17. The van der Waals surface area contributed by atoms with Crippen LogP contribution in [-0.4, -0.2) is 65.4 Å². The van der Waals surface area contributed by atoms with Crippen LogP contribution in [-0.2, 0) is 24.3 Å². The maximum Gasteiger partial charge on any atom is 0.418 e. The summed E-state index contributed by atoms with van der Waals surface area (Å²) in [6.07, 6.45) is 2.44. The van der Waals surface area contributed by atoms with E-state index in [2.05, 4.69) is 15.1 Å². The summed E-state index contributed by atoms with van der Waals surface area (Å²) in [6, 6.07) is -2.71. The fraction of sp³-hybridized carbons (Fsp3) is 0.800. The molecule has 3 fully saturated rings. The number of hydrazine groups is 1. The molecule has 13 heteroatoms. The third kappa shape index (κ3) is 3.92. The van der Waals surface area contributed by atoms with Crippen molar-refractivity contribution in [3.05, 3.63) is 0 Å². The van der Waals surface area contributed by atoms with Crippen molar-refractivity contribution in [3.63, 3.8) is 0 Å².